The summed E-state index contributed by atoms with van der Waals surface area (Å²) in [6, 6.07) is 10.5. The fourth-order valence-corrected chi connectivity index (χ4v) is 2.89. The summed E-state index contributed by atoms with van der Waals surface area (Å²) in [7, 11) is 2.30. The highest BCUT2D eigenvalue weighted by molar-refractivity contribution is 5.30. The number of benzene rings is 1. The van der Waals surface area contributed by atoms with Crippen LogP contribution in [0.5, 0.6) is 0 Å². The van der Waals surface area contributed by atoms with E-state index in [0.29, 0.717) is 0 Å². The third-order valence-corrected chi connectivity index (χ3v) is 4.23. The van der Waals surface area contributed by atoms with Crippen LogP contribution in [0.3, 0.4) is 0 Å². The fraction of sp³-hybridized carbons (Fsp3) is 0.571. The Kier molecular flexibility index (Phi) is 2.70. The topological polar surface area (TPSA) is 15.3 Å². The van der Waals surface area contributed by atoms with Crippen molar-refractivity contribution in [3.63, 3.8) is 0 Å². The van der Waals surface area contributed by atoms with Gasteiger partial charge in [-0.2, -0.15) is 0 Å². The third kappa shape index (κ3) is 1.76. The van der Waals surface area contributed by atoms with Gasteiger partial charge in [-0.15, -0.1) is 0 Å². The molecule has 0 spiro atoms. The van der Waals surface area contributed by atoms with Crippen LogP contribution in [0.15, 0.2) is 24.3 Å². The Balaban J connectivity index is 1.72. The van der Waals surface area contributed by atoms with Gasteiger partial charge in [0.1, 0.15) is 0 Å². The second-order valence-corrected chi connectivity index (χ2v) is 5.14. The van der Waals surface area contributed by atoms with Gasteiger partial charge in [-0.05, 0) is 37.4 Å². The molecule has 1 atom stereocenters. The molecule has 86 valence electrons. The number of rotatable bonds is 2. The van der Waals surface area contributed by atoms with Crippen LogP contribution in [0.25, 0.3) is 0 Å². The molecule has 0 saturated carbocycles. The Morgan fingerprint density at radius 2 is 1.88 bits per heavy atom. The number of aryl methyl sites for hydroxylation is 1. The SMILES string of the molecule is CN(C1CNC1)C1CCc2ccccc2C1. The molecule has 0 radical (unpaired) electrons. The third-order valence-electron chi connectivity index (χ3n) is 4.23. The summed E-state index contributed by atoms with van der Waals surface area (Å²) in [5.74, 6) is 0. The van der Waals surface area contributed by atoms with E-state index in [2.05, 4.69) is 41.5 Å². The maximum atomic E-state index is 3.36. The van der Waals surface area contributed by atoms with E-state index in [0.717, 1.165) is 12.1 Å². The standard InChI is InChI=1S/C14H20N2/c1-16(14-9-15-10-14)13-7-6-11-4-2-3-5-12(11)8-13/h2-5,13-15H,6-10H2,1H3. The van der Waals surface area contributed by atoms with Crippen LogP contribution in [0.2, 0.25) is 0 Å². The quantitative estimate of drug-likeness (QED) is 0.805. The summed E-state index contributed by atoms with van der Waals surface area (Å²) in [6.45, 7) is 2.35. The average molecular weight is 216 g/mol. The van der Waals surface area contributed by atoms with Crippen LogP contribution in [-0.4, -0.2) is 37.1 Å². The van der Waals surface area contributed by atoms with E-state index in [1.165, 1.54) is 32.4 Å². The zero-order valence-corrected chi connectivity index (χ0v) is 9.95. The molecular formula is C14H20N2. The van der Waals surface area contributed by atoms with Gasteiger partial charge in [-0.3, -0.25) is 4.90 Å². The van der Waals surface area contributed by atoms with Gasteiger partial charge in [0, 0.05) is 25.2 Å². The molecule has 1 unspecified atom stereocenters. The summed E-state index contributed by atoms with van der Waals surface area (Å²) in [4.78, 5) is 2.59. The van der Waals surface area contributed by atoms with E-state index in [9.17, 15) is 0 Å². The average Bonchev–Trinajstić information content (AvgIpc) is 2.26. The molecule has 1 saturated heterocycles. The molecule has 0 aromatic heterocycles. The van der Waals surface area contributed by atoms with Crippen LogP contribution in [0.1, 0.15) is 17.5 Å². The Morgan fingerprint density at radius 3 is 2.56 bits per heavy atom. The minimum atomic E-state index is 0.752. The van der Waals surface area contributed by atoms with Crippen molar-refractivity contribution in [3.8, 4) is 0 Å². The predicted molar refractivity (Wildman–Crippen MR) is 66.7 cm³/mol. The molecule has 2 aliphatic rings. The molecule has 1 aromatic carbocycles. The lowest BCUT2D eigenvalue weighted by Crippen LogP contribution is -2.59. The molecule has 1 N–H and O–H groups in total. The number of fused-ring (bicyclic) bond motifs is 1. The van der Waals surface area contributed by atoms with Gasteiger partial charge >= 0.3 is 0 Å². The molecule has 1 heterocycles. The summed E-state index contributed by atoms with van der Waals surface area (Å²) >= 11 is 0. The monoisotopic (exact) mass is 216 g/mol. The van der Waals surface area contributed by atoms with Crippen molar-refractivity contribution in [2.24, 2.45) is 0 Å². The number of nitrogens with one attached hydrogen (secondary N) is 1. The van der Waals surface area contributed by atoms with Crippen LogP contribution >= 0.6 is 0 Å². The maximum absolute atomic E-state index is 3.36. The lowest BCUT2D eigenvalue weighted by molar-refractivity contribution is 0.117. The molecule has 0 bridgehead atoms. The van der Waals surface area contributed by atoms with Crippen LogP contribution in [-0.2, 0) is 12.8 Å². The van der Waals surface area contributed by atoms with Crippen LogP contribution < -0.4 is 5.32 Å². The van der Waals surface area contributed by atoms with Gasteiger partial charge in [0.2, 0.25) is 0 Å². The van der Waals surface area contributed by atoms with Crippen molar-refractivity contribution in [2.45, 2.75) is 31.3 Å². The molecule has 2 heteroatoms. The number of nitrogens with zero attached hydrogens (tertiary/aromatic N) is 1. The maximum Gasteiger partial charge on any atom is 0.0345 e. The number of hydrogen-bond donors (Lipinski definition) is 1. The van der Waals surface area contributed by atoms with E-state index in [1.807, 2.05) is 0 Å². The lowest BCUT2D eigenvalue weighted by Gasteiger charge is -2.42. The Morgan fingerprint density at radius 1 is 1.12 bits per heavy atom. The highest BCUT2D eigenvalue weighted by atomic mass is 15.2. The number of hydrogen-bond acceptors (Lipinski definition) is 2. The fourth-order valence-electron chi connectivity index (χ4n) is 2.89. The highest BCUT2D eigenvalue weighted by Gasteiger charge is 2.29. The van der Waals surface area contributed by atoms with Crippen LogP contribution in [0, 0.1) is 0 Å². The first kappa shape index (κ1) is 10.3. The normalized spacial score (nSPS) is 25.2. The first-order chi connectivity index (χ1) is 7.84. The Labute approximate surface area is 97.6 Å². The van der Waals surface area contributed by atoms with E-state index >= 15 is 0 Å². The molecule has 1 aliphatic heterocycles. The molecule has 16 heavy (non-hydrogen) atoms. The van der Waals surface area contributed by atoms with Crippen molar-refractivity contribution in [1.29, 1.82) is 0 Å². The molecule has 1 aromatic rings. The second-order valence-electron chi connectivity index (χ2n) is 5.14. The van der Waals surface area contributed by atoms with Crippen molar-refractivity contribution < 1.29 is 0 Å². The van der Waals surface area contributed by atoms with Gasteiger partial charge in [-0.1, -0.05) is 24.3 Å². The van der Waals surface area contributed by atoms with Gasteiger partial charge in [0.25, 0.3) is 0 Å². The predicted octanol–water partition coefficient (Wildman–Crippen LogP) is 1.45. The summed E-state index contributed by atoms with van der Waals surface area (Å²) < 4.78 is 0. The summed E-state index contributed by atoms with van der Waals surface area (Å²) in [5.41, 5.74) is 3.14. The first-order valence-electron chi connectivity index (χ1n) is 6.34. The number of likely N-dealkylation sites (N-methyl/N-ethyl adjacent to an activating group) is 1. The minimum Gasteiger partial charge on any atom is -0.314 e. The largest absolute Gasteiger partial charge is 0.314 e. The lowest BCUT2D eigenvalue weighted by atomic mass is 9.87. The molecular weight excluding hydrogens is 196 g/mol. The second kappa shape index (κ2) is 4.19. The minimum absolute atomic E-state index is 0.752. The van der Waals surface area contributed by atoms with E-state index < -0.39 is 0 Å². The molecule has 0 amide bonds. The van der Waals surface area contributed by atoms with Crippen molar-refractivity contribution in [1.82, 2.24) is 10.2 Å². The van der Waals surface area contributed by atoms with Gasteiger partial charge in [-0.25, -0.2) is 0 Å². The zero-order chi connectivity index (χ0) is 11.0. The molecule has 1 aliphatic carbocycles. The van der Waals surface area contributed by atoms with E-state index in [1.54, 1.807) is 11.1 Å². The Bertz CT molecular complexity index is 371. The van der Waals surface area contributed by atoms with Gasteiger partial charge < -0.3 is 5.32 Å². The first-order valence-corrected chi connectivity index (χ1v) is 6.34. The molecule has 2 nitrogen and oxygen atoms in total. The van der Waals surface area contributed by atoms with E-state index in [4.69, 9.17) is 0 Å². The Hall–Kier alpha value is -0.860. The smallest absolute Gasteiger partial charge is 0.0345 e. The van der Waals surface area contributed by atoms with Crippen molar-refractivity contribution in [2.75, 3.05) is 20.1 Å². The van der Waals surface area contributed by atoms with Crippen molar-refractivity contribution >= 4 is 0 Å². The van der Waals surface area contributed by atoms with Crippen molar-refractivity contribution in [3.05, 3.63) is 35.4 Å². The highest BCUT2D eigenvalue weighted by Crippen LogP contribution is 2.25. The van der Waals surface area contributed by atoms with Crippen LogP contribution in [0.4, 0.5) is 0 Å². The summed E-state index contributed by atoms with van der Waals surface area (Å²) in [6.07, 6.45) is 3.82. The molecule has 3 rings (SSSR count). The van der Waals surface area contributed by atoms with Gasteiger partial charge in [0.05, 0.1) is 0 Å². The summed E-state index contributed by atoms with van der Waals surface area (Å²) in [5, 5.41) is 3.36. The molecule has 1 fully saturated rings. The van der Waals surface area contributed by atoms with E-state index in [-0.39, 0.29) is 0 Å². The zero-order valence-electron chi connectivity index (χ0n) is 9.95. The van der Waals surface area contributed by atoms with Gasteiger partial charge in [0.15, 0.2) is 0 Å².